The molecule has 0 spiro atoms. The van der Waals surface area contributed by atoms with Crippen LogP contribution in [-0.2, 0) is 0 Å². The standard InChI is InChI=1S/C51H32N4/c1-3-13-33(14-4-1)35-23-27-37(28-24-35)49-52-50(38-29-25-36(26-30-38)34-15-5-2-6-16-34)54-51(53-49)55-45-22-12-11-21-44(45)48-46(55)32-31-43-41-19-8-7-17-39(41)40-18-9-10-20-42(40)47(43)48/h1-32H. The number of hydrogen-bond acceptors (Lipinski definition) is 3. The summed E-state index contributed by atoms with van der Waals surface area (Å²) >= 11 is 0. The average Bonchev–Trinajstić information content (AvgIpc) is 3.61. The van der Waals surface area contributed by atoms with Gasteiger partial charge >= 0.3 is 0 Å². The molecular weight excluding hydrogens is 669 g/mol. The number of aromatic nitrogens is 4. The molecule has 256 valence electrons. The lowest BCUT2D eigenvalue weighted by Gasteiger charge is -2.13. The van der Waals surface area contributed by atoms with Crippen LogP contribution in [-0.4, -0.2) is 19.5 Å². The topological polar surface area (TPSA) is 43.6 Å². The maximum absolute atomic E-state index is 5.27. The van der Waals surface area contributed by atoms with E-state index in [0.29, 0.717) is 17.6 Å². The minimum atomic E-state index is 0.579. The van der Waals surface area contributed by atoms with Gasteiger partial charge < -0.3 is 0 Å². The fourth-order valence-electron chi connectivity index (χ4n) is 8.28. The lowest BCUT2D eigenvalue weighted by atomic mass is 9.92. The van der Waals surface area contributed by atoms with Crippen molar-refractivity contribution in [3.63, 3.8) is 0 Å². The van der Waals surface area contributed by atoms with Gasteiger partial charge in [0.15, 0.2) is 11.6 Å². The normalized spacial score (nSPS) is 11.6. The Kier molecular flexibility index (Phi) is 7.14. The van der Waals surface area contributed by atoms with Crippen LogP contribution in [0.5, 0.6) is 0 Å². The van der Waals surface area contributed by atoms with E-state index < -0.39 is 0 Å². The van der Waals surface area contributed by atoms with E-state index >= 15 is 0 Å². The molecule has 2 heterocycles. The van der Waals surface area contributed by atoms with Crippen LogP contribution in [0.15, 0.2) is 194 Å². The molecule has 11 rings (SSSR count). The second-order valence-electron chi connectivity index (χ2n) is 14.0. The van der Waals surface area contributed by atoms with E-state index in [1.807, 2.05) is 12.1 Å². The maximum Gasteiger partial charge on any atom is 0.238 e. The largest absolute Gasteiger partial charge is 0.278 e. The summed E-state index contributed by atoms with van der Waals surface area (Å²) in [5.41, 5.74) is 8.57. The minimum Gasteiger partial charge on any atom is -0.278 e. The molecule has 0 atom stereocenters. The number of hydrogen-bond donors (Lipinski definition) is 0. The molecule has 0 saturated carbocycles. The molecule has 0 aliphatic carbocycles. The zero-order chi connectivity index (χ0) is 36.3. The Bertz CT molecular complexity index is 3080. The molecule has 0 bridgehead atoms. The molecule has 55 heavy (non-hydrogen) atoms. The number of para-hydroxylation sites is 1. The first-order chi connectivity index (χ1) is 27.3. The molecule has 0 fully saturated rings. The Morgan fingerprint density at radius 1 is 0.255 bits per heavy atom. The fraction of sp³-hybridized carbons (Fsp3) is 0. The van der Waals surface area contributed by atoms with Crippen LogP contribution in [0.4, 0.5) is 0 Å². The Balaban J connectivity index is 1.17. The third-order valence-corrected chi connectivity index (χ3v) is 10.9. The van der Waals surface area contributed by atoms with Gasteiger partial charge in [-0.25, -0.2) is 4.98 Å². The van der Waals surface area contributed by atoms with Crippen molar-refractivity contribution in [1.82, 2.24) is 19.5 Å². The third-order valence-electron chi connectivity index (χ3n) is 10.9. The van der Waals surface area contributed by atoms with Crippen molar-refractivity contribution in [2.24, 2.45) is 0 Å². The lowest BCUT2D eigenvalue weighted by molar-refractivity contribution is 0.954. The maximum atomic E-state index is 5.27. The van der Waals surface area contributed by atoms with E-state index in [9.17, 15) is 0 Å². The zero-order valence-electron chi connectivity index (χ0n) is 29.8. The number of nitrogens with zero attached hydrogens (tertiary/aromatic N) is 4. The van der Waals surface area contributed by atoms with E-state index in [-0.39, 0.29) is 0 Å². The van der Waals surface area contributed by atoms with Gasteiger partial charge in [0.2, 0.25) is 5.95 Å². The van der Waals surface area contributed by atoms with E-state index in [2.05, 4.69) is 187 Å². The van der Waals surface area contributed by atoms with Crippen molar-refractivity contribution in [3.05, 3.63) is 194 Å². The van der Waals surface area contributed by atoms with Crippen LogP contribution in [0.25, 0.3) is 105 Å². The summed E-state index contributed by atoms with van der Waals surface area (Å²) in [5.74, 6) is 1.82. The number of benzene rings is 9. The van der Waals surface area contributed by atoms with Gasteiger partial charge in [-0.1, -0.05) is 182 Å². The lowest BCUT2D eigenvalue weighted by Crippen LogP contribution is -2.06. The van der Waals surface area contributed by atoms with Gasteiger partial charge in [-0.05, 0) is 61.3 Å². The molecule has 0 amide bonds. The molecule has 0 aliphatic heterocycles. The van der Waals surface area contributed by atoms with Gasteiger partial charge in [-0.2, -0.15) is 9.97 Å². The predicted octanol–water partition coefficient (Wildman–Crippen LogP) is 13.1. The first kappa shape index (κ1) is 31.1. The SMILES string of the molecule is c1ccc(-c2ccc(-c3nc(-c4ccc(-c5ccccc5)cc4)nc(-n4c5ccccc5c5c6c7ccccc7c7ccccc7c6ccc54)n3)cc2)cc1. The van der Waals surface area contributed by atoms with Crippen LogP contribution in [0.2, 0.25) is 0 Å². The molecule has 2 aromatic heterocycles. The molecule has 0 saturated heterocycles. The molecule has 0 radical (unpaired) electrons. The molecule has 4 heteroatoms. The second-order valence-corrected chi connectivity index (χ2v) is 14.0. The first-order valence-electron chi connectivity index (χ1n) is 18.6. The third kappa shape index (κ3) is 5.11. The zero-order valence-corrected chi connectivity index (χ0v) is 29.8. The summed E-state index contributed by atoms with van der Waals surface area (Å²) in [6, 6.07) is 68.6. The van der Waals surface area contributed by atoms with Crippen LogP contribution < -0.4 is 0 Å². The summed E-state index contributed by atoms with van der Waals surface area (Å²) in [6.45, 7) is 0. The van der Waals surface area contributed by atoms with E-state index in [4.69, 9.17) is 15.0 Å². The summed E-state index contributed by atoms with van der Waals surface area (Å²) in [4.78, 5) is 15.7. The quantitative estimate of drug-likeness (QED) is 0.168. The molecule has 4 nitrogen and oxygen atoms in total. The minimum absolute atomic E-state index is 0.579. The number of fused-ring (bicyclic) bond motifs is 10. The number of rotatable bonds is 5. The Morgan fingerprint density at radius 3 is 1.20 bits per heavy atom. The van der Waals surface area contributed by atoms with Gasteiger partial charge in [0.1, 0.15) is 0 Å². The molecule has 0 unspecified atom stereocenters. The summed E-state index contributed by atoms with van der Waals surface area (Å²) in [5, 5.41) is 9.82. The van der Waals surface area contributed by atoms with Crippen molar-refractivity contribution in [2.75, 3.05) is 0 Å². The van der Waals surface area contributed by atoms with Crippen molar-refractivity contribution < 1.29 is 0 Å². The van der Waals surface area contributed by atoms with Crippen LogP contribution >= 0.6 is 0 Å². The van der Waals surface area contributed by atoms with E-state index in [0.717, 1.165) is 38.7 Å². The van der Waals surface area contributed by atoms with Gasteiger partial charge in [0.05, 0.1) is 11.0 Å². The highest BCUT2D eigenvalue weighted by molar-refractivity contribution is 6.35. The van der Waals surface area contributed by atoms with Gasteiger partial charge in [-0.3, -0.25) is 4.57 Å². The summed E-state index contributed by atoms with van der Waals surface area (Å²) < 4.78 is 2.22. The fourth-order valence-corrected chi connectivity index (χ4v) is 8.28. The first-order valence-corrected chi connectivity index (χ1v) is 18.6. The molecular formula is C51H32N4. The van der Waals surface area contributed by atoms with Crippen LogP contribution in [0.1, 0.15) is 0 Å². The highest BCUT2D eigenvalue weighted by Gasteiger charge is 2.21. The molecule has 0 N–H and O–H groups in total. The predicted molar refractivity (Wildman–Crippen MR) is 228 cm³/mol. The molecule has 11 aromatic rings. The monoisotopic (exact) mass is 700 g/mol. The summed E-state index contributed by atoms with van der Waals surface area (Å²) in [7, 11) is 0. The average molecular weight is 701 g/mol. The molecule has 0 aliphatic rings. The van der Waals surface area contributed by atoms with Crippen molar-refractivity contribution in [2.45, 2.75) is 0 Å². The van der Waals surface area contributed by atoms with Crippen LogP contribution in [0, 0.1) is 0 Å². The Hall–Kier alpha value is -7.43. The smallest absolute Gasteiger partial charge is 0.238 e. The molecule has 9 aromatic carbocycles. The van der Waals surface area contributed by atoms with Crippen molar-refractivity contribution in [1.29, 1.82) is 0 Å². The Morgan fingerprint density at radius 2 is 0.655 bits per heavy atom. The van der Waals surface area contributed by atoms with Crippen molar-refractivity contribution in [3.8, 4) is 51.0 Å². The highest BCUT2D eigenvalue weighted by atomic mass is 15.2. The van der Waals surface area contributed by atoms with Gasteiger partial charge in [0.25, 0.3) is 0 Å². The Labute approximate surface area is 317 Å². The summed E-state index contributed by atoms with van der Waals surface area (Å²) in [6.07, 6.45) is 0. The van der Waals surface area contributed by atoms with Crippen LogP contribution in [0.3, 0.4) is 0 Å². The van der Waals surface area contributed by atoms with E-state index in [1.165, 1.54) is 48.8 Å². The van der Waals surface area contributed by atoms with Gasteiger partial charge in [-0.15, -0.1) is 0 Å². The van der Waals surface area contributed by atoms with Crippen molar-refractivity contribution >= 4 is 54.1 Å². The second kappa shape index (κ2) is 12.6. The van der Waals surface area contributed by atoms with E-state index in [1.54, 1.807) is 0 Å². The van der Waals surface area contributed by atoms with Gasteiger partial charge in [0, 0.05) is 27.3 Å². The highest BCUT2D eigenvalue weighted by Crippen LogP contribution is 2.43.